The molecule has 6 heteroatoms. The van der Waals surface area contributed by atoms with Crippen LogP contribution in [0, 0.1) is 0 Å². The Balaban J connectivity index is 1.57. The van der Waals surface area contributed by atoms with Gasteiger partial charge in [0.15, 0.2) is 0 Å². The Kier molecular flexibility index (Phi) is 4.22. The first kappa shape index (κ1) is 17.1. The van der Waals surface area contributed by atoms with Crippen molar-refractivity contribution in [2.24, 2.45) is 4.99 Å². The van der Waals surface area contributed by atoms with E-state index in [2.05, 4.69) is 20.6 Å². The van der Waals surface area contributed by atoms with Gasteiger partial charge in [0.2, 0.25) is 12.1 Å². The average Bonchev–Trinajstić information content (AvgIpc) is 2.91. The summed E-state index contributed by atoms with van der Waals surface area (Å²) in [7, 11) is 0. The molecular formula is C23H17N5O. The zero-order chi connectivity index (χ0) is 19.6. The van der Waals surface area contributed by atoms with Gasteiger partial charge >= 0.3 is 0 Å². The Labute approximate surface area is 167 Å². The van der Waals surface area contributed by atoms with E-state index in [0.29, 0.717) is 5.95 Å². The van der Waals surface area contributed by atoms with Crippen molar-refractivity contribution in [1.29, 1.82) is 0 Å². The summed E-state index contributed by atoms with van der Waals surface area (Å²) >= 11 is 0. The van der Waals surface area contributed by atoms with Gasteiger partial charge < -0.3 is 10.6 Å². The monoisotopic (exact) mass is 379 g/mol. The van der Waals surface area contributed by atoms with E-state index >= 15 is 0 Å². The number of rotatable bonds is 3. The number of nitrogens with zero attached hydrogens (tertiary/aromatic N) is 3. The minimum absolute atomic E-state index is 0.264. The lowest BCUT2D eigenvalue weighted by Crippen LogP contribution is -2.33. The fourth-order valence-corrected chi connectivity index (χ4v) is 3.34. The fourth-order valence-electron chi connectivity index (χ4n) is 3.34. The molecule has 1 aliphatic heterocycles. The zero-order valence-electron chi connectivity index (χ0n) is 15.4. The third-order valence-electron chi connectivity index (χ3n) is 4.75. The van der Waals surface area contributed by atoms with Crippen LogP contribution in [0.15, 0.2) is 90.1 Å². The Hall–Kier alpha value is -4.06. The minimum atomic E-state index is -0.862. The summed E-state index contributed by atoms with van der Waals surface area (Å²) in [6, 6.07) is 25.2. The summed E-state index contributed by atoms with van der Waals surface area (Å²) < 4.78 is 0. The molecule has 2 heterocycles. The number of hydrogen-bond donors (Lipinski definition) is 2. The number of fused-ring (bicyclic) bond motifs is 2. The molecule has 5 rings (SSSR count). The van der Waals surface area contributed by atoms with Crippen molar-refractivity contribution in [3.63, 3.8) is 0 Å². The minimum Gasteiger partial charge on any atom is -0.325 e. The number of amides is 1. The lowest BCUT2D eigenvalue weighted by atomic mass is 10.0. The maximum Gasteiger partial charge on any atom is 0.269 e. The van der Waals surface area contributed by atoms with E-state index < -0.39 is 6.17 Å². The van der Waals surface area contributed by atoms with Gasteiger partial charge in [-0.2, -0.15) is 0 Å². The highest BCUT2D eigenvalue weighted by Gasteiger charge is 2.26. The van der Waals surface area contributed by atoms with Crippen molar-refractivity contribution < 1.29 is 4.79 Å². The fraction of sp³-hybridized carbons (Fsp3) is 0.0435. The molecule has 6 nitrogen and oxygen atoms in total. The first-order valence-electron chi connectivity index (χ1n) is 9.30. The van der Waals surface area contributed by atoms with Crippen LogP contribution >= 0.6 is 0 Å². The van der Waals surface area contributed by atoms with Gasteiger partial charge in [0.1, 0.15) is 0 Å². The number of aromatic nitrogens is 2. The van der Waals surface area contributed by atoms with E-state index in [4.69, 9.17) is 4.99 Å². The number of carbonyl (C=O) groups is 1. The van der Waals surface area contributed by atoms with Crippen LogP contribution in [0.4, 0.5) is 11.6 Å². The van der Waals surface area contributed by atoms with Gasteiger partial charge in [0.25, 0.3) is 5.91 Å². The molecule has 0 bridgehead atoms. The summed E-state index contributed by atoms with van der Waals surface area (Å²) in [4.78, 5) is 26.5. The number of para-hydroxylation sites is 2. The van der Waals surface area contributed by atoms with E-state index in [1.54, 1.807) is 6.20 Å². The van der Waals surface area contributed by atoms with Crippen LogP contribution in [-0.2, 0) is 4.79 Å². The van der Waals surface area contributed by atoms with E-state index in [-0.39, 0.29) is 5.91 Å². The molecule has 0 spiro atoms. The van der Waals surface area contributed by atoms with Crippen molar-refractivity contribution in [3.8, 4) is 0 Å². The molecule has 1 unspecified atom stereocenters. The van der Waals surface area contributed by atoms with Crippen molar-refractivity contribution in [2.45, 2.75) is 6.17 Å². The maximum absolute atomic E-state index is 12.9. The summed E-state index contributed by atoms with van der Waals surface area (Å²) in [5.74, 6) is 0.0890. The zero-order valence-corrected chi connectivity index (χ0v) is 15.4. The number of aliphatic imine (C=N–C) groups is 1. The second-order valence-corrected chi connectivity index (χ2v) is 6.68. The molecule has 0 fully saturated rings. The number of benzene rings is 3. The molecule has 1 atom stereocenters. The highest BCUT2D eigenvalue weighted by molar-refractivity contribution is 6.19. The van der Waals surface area contributed by atoms with Gasteiger partial charge in [0.05, 0.1) is 16.9 Å². The van der Waals surface area contributed by atoms with Gasteiger partial charge in [-0.1, -0.05) is 66.7 Å². The van der Waals surface area contributed by atoms with Gasteiger partial charge in [-0.25, -0.2) is 15.0 Å². The molecule has 2 N–H and O–H groups in total. The summed E-state index contributed by atoms with van der Waals surface area (Å²) in [6.45, 7) is 0. The van der Waals surface area contributed by atoms with Crippen molar-refractivity contribution in [1.82, 2.24) is 9.97 Å². The predicted molar refractivity (Wildman–Crippen MR) is 114 cm³/mol. The number of nitrogens with one attached hydrogen (secondary N) is 2. The second kappa shape index (κ2) is 7.16. The summed E-state index contributed by atoms with van der Waals surface area (Å²) in [5.41, 5.74) is 4.06. The number of carbonyl (C=O) groups excluding carboxylic acids is 1. The summed E-state index contributed by atoms with van der Waals surface area (Å²) in [6.07, 6.45) is 0.870. The quantitative estimate of drug-likeness (QED) is 0.567. The lowest BCUT2D eigenvalue weighted by molar-refractivity contribution is -0.116. The van der Waals surface area contributed by atoms with Crippen molar-refractivity contribution in [3.05, 3.63) is 96.2 Å². The maximum atomic E-state index is 12.9. The lowest BCUT2D eigenvalue weighted by Gasteiger charge is -2.13. The molecule has 0 radical (unpaired) electrons. The topological polar surface area (TPSA) is 79.3 Å². The Morgan fingerprint density at radius 2 is 1.62 bits per heavy atom. The van der Waals surface area contributed by atoms with E-state index in [0.717, 1.165) is 33.4 Å². The van der Waals surface area contributed by atoms with Gasteiger partial charge in [-0.3, -0.25) is 4.79 Å². The first-order valence-corrected chi connectivity index (χ1v) is 9.30. The number of hydrogen-bond acceptors (Lipinski definition) is 5. The molecule has 1 amide bonds. The van der Waals surface area contributed by atoms with Gasteiger partial charge in [-0.15, -0.1) is 0 Å². The van der Waals surface area contributed by atoms with Gasteiger partial charge in [0, 0.05) is 22.7 Å². The van der Waals surface area contributed by atoms with Crippen LogP contribution in [0.1, 0.15) is 11.1 Å². The Morgan fingerprint density at radius 1 is 0.862 bits per heavy atom. The van der Waals surface area contributed by atoms with E-state index in [9.17, 15) is 4.79 Å². The van der Waals surface area contributed by atoms with Crippen LogP contribution in [-0.4, -0.2) is 27.8 Å². The Morgan fingerprint density at radius 3 is 2.52 bits per heavy atom. The average molecular weight is 379 g/mol. The van der Waals surface area contributed by atoms with E-state index in [1.807, 2.05) is 78.9 Å². The van der Waals surface area contributed by atoms with Crippen molar-refractivity contribution in [2.75, 3.05) is 10.6 Å². The molecular weight excluding hydrogens is 362 g/mol. The SMILES string of the molecule is O=C1Nc2ccccc2C(c2ccccc2)=NC1Nc1ncc2ccccc2n1. The largest absolute Gasteiger partial charge is 0.325 e. The molecule has 4 aromatic rings. The van der Waals surface area contributed by atoms with Crippen molar-refractivity contribution >= 4 is 34.2 Å². The highest BCUT2D eigenvalue weighted by atomic mass is 16.2. The molecule has 29 heavy (non-hydrogen) atoms. The molecule has 140 valence electrons. The van der Waals surface area contributed by atoms with Crippen LogP contribution < -0.4 is 10.6 Å². The van der Waals surface area contributed by atoms with E-state index in [1.165, 1.54) is 0 Å². The molecule has 0 saturated heterocycles. The third kappa shape index (κ3) is 3.32. The molecule has 0 aliphatic carbocycles. The van der Waals surface area contributed by atoms with Crippen LogP contribution in [0.5, 0.6) is 0 Å². The Bertz CT molecular complexity index is 1240. The van der Waals surface area contributed by atoms with Crippen LogP contribution in [0.2, 0.25) is 0 Å². The van der Waals surface area contributed by atoms with Crippen LogP contribution in [0.25, 0.3) is 10.9 Å². The molecule has 1 aromatic heterocycles. The number of benzodiazepines with no additional fused rings is 1. The van der Waals surface area contributed by atoms with Crippen LogP contribution in [0.3, 0.4) is 0 Å². The molecule has 0 saturated carbocycles. The summed E-state index contributed by atoms with van der Waals surface area (Å²) in [5, 5.41) is 6.97. The molecule has 1 aliphatic rings. The first-order chi connectivity index (χ1) is 14.3. The predicted octanol–water partition coefficient (Wildman–Crippen LogP) is 3.86. The highest BCUT2D eigenvalue weighted by Crippen LogP contribution is 2.24. The van der Waals surface area contributed by atoms with Gasteiger partial charge in [-0.05, 0) is 12.1 Å². The standard InChI is InChI=1S/C23H17N5O/c29-22-21(28-23-24-14-16-10-4-6-12-18(16)26-23)27-20(15-8-2-1-3-9-15)17-11-5-7-13-19(17)25-22/h1-14,21H,(H,25,29)(H,24,26,28). The second-order valence-electron chi connectivity index (χ2n) is 6.68. The third-order valence-corrected chi connectivity index (χ3v) is 4.75. The smallest absolute Gasteiger partial charge is 0.269 e. The normalized spacial score (nSPS) is 15.8. The number of anilines is 2. The molecule has 3 aromatic carbocycles.